The zero-order valence-corrected chi connectivity index (χ0v) is 15.3. The summed E-state index contributed by atoms with van der Waals surface area (Å²) < 4.78 is 0. The van der Waals surface area contributed by atoms with Crippen LogP contribution < -0.4 is 5.32 Å². The van der Waals surface area contributed by atoms with Crippen molar-refractivity contribution in [2.45, 2.75) is 78.7 Å². The lowest BCUT2D eigenvalue weighted by Gasteiger charge is -2.31. The molecule has 0 aliphatic heterocycles. The van der Waals surface area contributed by atoms with Gasteiger partial charge in [-0.2, -0.15) is 0 Å². The lowest BCUT2D eigenvalue weighted by atomic mass is 9.78. The normalized spacial score (nSPS) is 18.6. The topological polar surface area (TPSA) is 24.9 Å². The van der Waals surface area contributed by atoms with Gasteiger partial charge in [0.2, 0.25) is 0 Å². The minimum atomic E-state index is 0.174. The average Bonchev–Trinajstić information content (AvgIpc) is 2.97. The number of nitrogens with one attached hydrogen (secondary N) is 1. The first-order chi connectivity index (χ1) is 9.81. The number of rotatable bonds is 6. The molecule has 3 heteroatoms. The van der Waals surface area contributed by atoms with Crippen LogP contribution in [-0.4, -0.2) is 11.5 Å². The molecule has 1 aromatic heterocycles. The Morgan fingerprint density at radius 1 is 1.29 bits per heavy atom. The van der Waals surface area contributed by atoms with Crippen molar-refractivity contribution in [2.24, 2.45) is 11.3 Å². The van der Waals surface area contributed by atoms with E-state index in [1.54, 1.807) is 0 Å². The van der Waals surface area contributed by atoms with Crippen LogP contribution in [0.15, 0.2) is 6.20 Å². The highest BCUT2D eigenvalue weighted by atomic mass is 32.1. The molecule has 1 fully saturated rings. The molecule has 120 valence electrons. The Bertz CT molecular complexity index is 436. The molecule has 1 saturated carbocycles. The molecule has 2 rings (SSSR count). The molecule has 0 unspecified atom stereocenters. The minimum absolute atomic E-state index is 0.174. The summed E-state index contributed by atoms with van der Waals surface area (Å²) in [6.45, 7) is 13.6. The highest BCUT2D eigenvalue weighted by Crippen LogP contribution is 2.42. The van der Waals surface area contributed by atoms with Gasteiger partial charge < -0.3 is 5.32 Å². The van der Waals surface area contributed by atoms with Crippen molar-refractivity contribution in [1.29, 1.82) is 0 Å². The summed E-state index contributed by atoms with van der Waals surface area (Å²) >= 11 is 1.86. The Labute approximate surface area is 134 Å². The van der Waals surface area contributed by atoms with Crippen molar-refractivity contribution in [2.75, 3.05) is 6.54 Å². The van der Waals surface area contributed by atoms with Crippen LogP contribution in [0.25, 0.3) is 0 Å². The van der Waals surface area contributed by atoms with Crippen LogP contribution in [0.5, 0.6) is 0 Å². The zero-order valence-electron chi connectivity index (χ0n) is 14.5. The van der Waals surface area contributed by atoms with E-state index in [-0.39, 0.29) is 5.41 Å². The van der Waals surface area contributed by atoms with Gasteiger partial charge in [0.05, 0.1) is 5.01 Å². The molecule has 1 heterocycles. The second kappa shape index (κ2) is 6.78. The highest BCUT2D eigenvalue weighted by molar-refractivity contribution is 7.11. The van der Waals surface area contributed by atoms with Gasteiger partial charge in [-0.15, -0.1) is 11.3 Å². The summed E-state index contributed by atoms with van der Waals surface area (Å²) in [4.78, 5) is 5.95. The minimum Gasteiger partial charge on any atom is -0.311 e. The van der Waals surface area contributed by atoms with Gasteiger partial charge in [0, 0.05) is 29.6 Å². The molecule has 0 radical (unpaired) electrons. The number of thiazole rings is 1. The van der Waals surface area contributed by atoms with Crippen molar-refractivity contribution in [3.05, 3.63) is 16.1 Å². The summed E-state index contributed by atoms with van der Waals surface area (Å²) in [5, 5.41) is 4.97. The van der Waals surface area contributed by atoms with E-state index in [1.807, 2.05) is 11.3 Å². The van der Waals surface area contributed by atoms with E-state index in [4.69, 9.17) is 0 Å². The molecule has 0 amide bonds. The largest absolute Gasteiger partial charge is 0.311 e. The van der Waals surface area contributed by atoms with Gasteiger partial charge in [-0.05, 0) is 30.6 Å². The van der Waals surface area contributed by atoms with Crippen molar-refractivity contribution in [3.8, 4) is 0 Å². The summed E-state index contributed by atoms with van der Waals surface area (Å²) in [5.41, 5.74) is 0.735. The van der Waals surface area contributed by atoms with E-state index in [9.17, 15) is 0 Å². The maximum Gasteiger partial charge on any atom is 0.0981 e. The van der Waals surface area contributed by atoms with Gasteiger partial charge in [-0.25, -0.2) is 4.98 Å². The summed E-state index contributed by atoms with van der Waals surface area (Å²) in [6, 6.07) is 0. The van der Waals surface area contributed by atoms with Gasteiger partial charge in [-0.1, -0.05) is 47.5 Å². The molecule has 21 heavy (non-hydrogen) atoms. The molecular weight excluding hydrogens is 276 g/mol. The number of aromatic nitrogens is 1. The van der Waals surface area contributed by atoms with E-state index < -0.39 is 0 Å². The first-order valence-corrected chi connectivity index (χ1v) is 9.28. The fraction of sp³-hybridized carbons (Fsp3) is 0.833. The van der Waals surface area contributed by atoms with Crippen LogP contribution >= 0.6 is 11.3 Å². The Morgan fingerprint density at radius 2 is 1.95 bits per heavy atom. The molecular formula is C18H32N2S. The van der Waals surface area contributed by atoms with Crippen LogP contribution in [0, 0.1) is 11.3 Å². The van der Waals surface area contributed by atoms with E-state index in [0.29, 0.717) is 5.41 Å². The fourth-order valence-corrected chi connectivity index (χ4v) is 4.57. The molecule has 0 saturated heterocycles. The quantitative estimate of drug-likeness (QED) is 0.787. The molecule has 1 N–H and O–H groups in total. The summed E-state index contributed by atoms with van der Waals surface area (Å²) in [5.74, 6) is 0.806. The standard InChI is InChI=1S/C18H32N2S/c1-14(2)10-18(8-6-7-9-18)13-19-11-15-12-20-16(21-15)17(3,4)5/h12,14,19H,6-11,13H2,1-5H3. The van der Waals surface area contributed by atoms with Crippen LogP contribution in [0.1, 0.15) is 76.6 Å². The van der Waals surface area contributed by atoms with E-state index in [1.165, 1.54) is 48.5 Å². The number of nitrogens with zero attached hydrogens (tertiary/aromatic N) is 1. The van der Waals surface area contributed by atoms with Crippen LogP contribution in [0.4, 0.5) is 0 Å². The second-order valence-electron chi connectivity index (χ2n) is 8.29. The van der Waals surface area contributed by atoms with E-state index in [2.05, 4.69) is 51.1 Å². The third kappa shape index (κ3) is 4.79. The average molecular weight is 309 g/mol. The van der Waals surface area contributed by atoms with Crippen molar-refractivity contribution >= 4 is 11.3 Å². The third-order valence-electron chi connectivity index (χ3n) is 4.50. The first kappa shape index (κ1) is 17.0. The Hall–Kier alpha value is -0.410. The van der Waals surface area contributed by atoms with Gasteiger partial charge in [0.25, 0.3) is 0 Å². The van der Waals surface area contributed by atoms with Gasteiger partial charge >= 0.3 is 0 Å². The predicted molar refractivity (Wildman–Crippen MR) is 92.9 cm³/mol. The highest BCUT2D eigenvalue weighted by Gasteiger charge is 2.33. The number of hydrogen-bond acceptors (Lipinski definition) is 3. The predicted octanol–water partition coefficient (Wildman–Crippen LogP) is 5.14. The van der Waals surface area contributed by atoms with Crippen LogP contribution in [0.2, 0.25) is 0 Å². The lowest BCUT2D eigenvalue weighted by Crippen LogP contribution is -2.32. The SMILES string of the molecule is CC(C)CC1(CNCc2cnc(C(C)(C)C)s2)CCCC1. The molecule has 1 aliphatic rings. The molecule has 0 aromatic carbocycles. The maximum absolute atomic E-state index is 4.58. The van der Waals surface area contributed by atoms with Crippen molar-refractivity contribution in [3.63, 3.8) is 0 Å². The van der Waals surface area contributed by atoms with E-state index >= 15 is 0 Å². The lowest BCUT2D eigenvalue weighted by molar-refractivity contribution is 0.224. The number of hydrogen-bond donors (Lipinski definition) is 1. The van der Waals surface area contributed by atoms with Crippen LogP contribution in [0.3, 0.4) is 0 Å². The molecule has 2 nitrogen and oxygen atoms in total. The molecule has 0 spiro atoms. The Morgan fingerprint density at radius 3 is 2.48 bits per heavy atom. The third-order valence-corrected chi connectivity index (χ3v) is 5.92. The van der Waals surface area contributed by atoms with Gasteiger partial charge in [0.15, 0.2) is 0 Å². The molecule has 0 atom stereocenters. The van der Waals surface area contributed by atoms with Gasteiger partial charge in [0.1, 0.15) is 0 Å². The van der Waals surface area contributed by atoms with Gasteiger partial charge in [-0.3, -0.25) is 0 Å². The molecule has 0 bridgehead atoms. The summed E-state index contributed by atoms with van der Waals surface area (Å²) in [6.07, 6.45) is 9.09. The smallest absolute Gasteiger partial charge is 0.0981 e. The molecule has 1 aromatic rings. The molecule has 1 aliphatic carbocycles. The second-order valence-corrected chi connectivity index (χ2v) is 9.41. The van der Waals surface area contributed by atoms with Crippen molar-refractivity contribution < 1.29 is 0 Å². The summed E-state index contributed by atoms with van der Waals surface area (Å²) in [7, 11) is 0. The van der Waals surface area contributed by atoms with Crippen LogP contribution in [-0.2, 0) is 12.0 Å². The monoisotopic (exact) mass is 308 g/mol. The first-order valence-electron chi connectivity index (χ1n) is 8.47. The fourth-order valence-electron chi connectivity index (χ4n) is 3.63. The maximum atomic E-state index is 4.58. The van der Waals surface area contributed by atoms with E-state index in [0.717, 1.165) is 12.5 Å². The Balaban J connectivity index is 1.86. The Kier molecular flexibility index (Phi) is 5.48. The van der Waals surface area contributed by atoms with Crippen molar-refractivity contribution in [1.82, 2.24) is 10.3 Å². The zero-order chi connectivity index (χ0) is 15.5.